The fraction of sp³-hybridized carbons (Fsp3) is 0.389. The van der Waals surface area contributed by atoms with Gasteiger partial charge in [-0.1, -0.05) is 57.2 Å². The monoisotopic (exact) mass is 300 g/mol. The molecule has 0 unspecified atom stereocenters. The van der Waals surface area contributed by atoms with Gasteiger partial charge in [-0.3, -0.25) is 0 Å². The molecule has 0 saturated carbocycles. The average Bonchev–Trinajstić information content (AvgIpc) is 2.46. The number of benzene rings is 2. The third-order valence-electron chi connectivity index (χ3n) is 3.35. The van der Waals surface area contributed by atoms with Crippen molar-refractivity contribution >= 4 is 22.5 Å². The van der Waals surface area contributed by atoms with Crippen molar-refractivity contribution in [2.75, 3.05) is 25.0 Å². The van der Waals surface area contributed by atoms with Gasteiger partial charge in [0.1, 0.15) is 0 Å². The van der Waals surface area contributed by atoms with Gasteiger partial charge in [0.25, 0.3) is 0 Å². The third-order valence-corrected chi connectivity index (χ3v) is 3.35. The van der Waals surface area contributed by atoms with Gasteiger partial charge in [0.05, 0.1) is 12.3 Å². The molecule has 2 amide bonds. The van der Waals surface area contributed by atoms with Crippen molar-refractivity contribution in [3.8, 4) is 0 Å². The maximum absolute atomic E-state index is 12.5. The highest BCUT2D eigenvalue weighted by atomic mass is 16.3. The number of anilines is 1. The van der Waals surface area contributed by atoms with Gasteiger partial charge in [-0.05, 0) is 16.9 Å². The molecule has 118 valence electrons. The Morgan fingerprint density at radius 3 is 2.50 bits per heavy atom. The number of hydrogen-bond donors (Lipinski definition) is 2. The first-order valence-electron chi connectivity index (χ1n) is 7.55. The zero-order valence-electron chi connectivity index (χ0n) is 13.5. The summed E-state index contributed by atoms with van der Waals surface area (Å²) < 4.78 is 0. The number of rotatable bonds is 4. The van der Waals surface area contributed by atoms with Crippen LogP contribution in [0.2, 0.25) is 0 Å². The highest BCUT2D eigenvalue weighted by Crippen LogP contribution is 2.24. The van der Waals surface area contributed by atoms with E-state index in [1.54, 1.807) is 4.90 Å². The van der Waals surface area contributed by atoms with Crippen molar-refractivity contribution in [1.29, 1.82) is 0 Å². The van der Waals surface area contributed by atoms with Crippen LogP contribution in [0.4, 0.5) is 10.5 Å². The minimum Gasteiger partial charge on any atom is -0.395 e. The standard InChI is InChI=1S/C18H24N2O2/c1-18(2,3)13-20(11-12-21)17(22)19-16-10-6-8-14-7-4-5-9-15(14)16/h4-10,21H,11-13H2,1-3H3,(H,19,22). The largest absolute Gasteiger partial charge is 0.395 e. The molecule has 0 radical (unpaired) electrons. The minimum absolute atomic E-state index is 0.0226. The Morgan fingerprint density at radius 1 is 1.14 bits per heavy atom. The van der Waals surface area contributed by atoms with Crippen molar-refractivity contribution in [2.45, 2.75) is 20.8 Å². The normalized spacial score (nSPS) is 11.5. The average molecular weight is 300 g/mol. The molecule has 2 aromatic carbocycles. The second kappa shape index (κ2) is 6.79. The Balaban J connectivity index is 2.21. The van der Waals surface area contributed by atoms with Crippen molar-refractivity contribution in [1.82, 2.24) is 4.90 Å². The third kappa shape index (κ3) is 4.21. The molecule has 2 aromatic rings. The molecule has 0 aromatic heterocycles. The zero-order valence-corrected chi connectivity index (χ0v) is 13.5. The highest BCUT2D eigenvalue weighted by Gasteiger charge is 2.21. The maximum atomic E-state index is 12.5. The summed E-state index contributed by atoms with van der Waals surface area (Å²) >= 11 is 0. The molecule has 0 atom stereocenters. The van der Waals surface area contributed by atoms with E-state index in [9.17, 15) is 9.90 Å². The van der Waals surface area contributed by atoms with E-state index in [1.165, 1.54) is 0 Å². The van der Waals surface area contributed by atoms with Crippen LogP contribution in [0.15, 0.2) is 42.5 Å². The molecule has 0 saturated heterocycles. The summed E-state index contributed by atoms with van der Waals surface area (Å²) in [7, 11) is 0. The number of carbonyl (C=O) groups is 1. The molecular formula is C18H24N2O2. The number of nitrogens with one attached hydrogen (secondary N) is 1. The number of hydrogen-bond acceptors (Lipinski definition) is 2. The predicted molar refractivity (Wildman–Crippen MR) is 91.1 cm³/mol. The first kappa shape index (κ1) is 16.3. The quantitative estimate of drug-likeness (QED) is 0.904. The van der Waals surface area contributed by atoms with Crippen LogP contribution in [0.1, 0.15) is 20.8 Å². The van der Waals surface area contributed by atoms with E-state index < -0.39 is 0 Å². The smallest absolute Gasteiger partial charge is 0.321 e. The molecule has 2 rings (SSSR count). The summed E-state index contributed by atoms with van der Waals surface area (Å²) in [6, 6.07) is 13.6. The first-order chi connectivity index (χ1) is 10.4. The Kier molecular flexibility index (Phi) is 5.03. The molecule has 0 spiro atoms. The molecular weight excluding hydrogens is 276 g/mol. The number of carbonyl (C=O) groups excluding carboxylic acids is 1. The molecule has 0 aliphatic carbocycles. The molecule has 0 fully saturated rings. The molecule has 22 heavy (non-hydrogen) atoms. The summed E-state index contributed by atoms with van der Waals surface area (Å²) in [5.41, 5.74) is 0.769. The van der Waals surface area contributed by atoms with E-state index in [0.717, 1.165) is 16.5 Å². The number of nitrogens with zero attached hydrogens (tertiary/aromatic N) is 1. The lowest BCUT2D eigenvalue weighted by molar-refractivity contribution is 0.162. The number of aliphatic hydroxyl groups is 1. The van der Waals surface area contributed by atoms with Crippen molar-refractivity contribution in [3.05, 3.63) is 42.5 Å². The van der Waals surface area contributed by atoms with Gasteiger partial charge in [0.15, 0.2) is 0 Å². The Labute approximate surface area is 131 Å². The number of aliphatic hydroxyl groups excluding tert-OH is 1. The molecule has 4 nitrogen and oxygen atoms in total. The SMILES string of the molecule is CC(C)(C)CN(CCO)C(=O)Nc1cccc2ccccc12. The van der Waals surface area contributed by atoms with Gasteiger partial charge in [0.2, 0.25) is 0 Å². The fourth-order valence-corrected chi connectivity index (χ4v) is 2.47. The highest BCUT2D eigenvalue weighted by molar-refractivity contribution is 6.01. The van der Waals surface area contributed by atoms with Gasteiger partial charge >= 0.3 is 6.03 Å². The van der Waals surface area contributed by atoms with E-state index in [2.05, 4.69) is 26.1 Å². The Bertz CT molecular complexity index is 642. The van der Waals surface area contributed by atoms with Crippen LogP contribution in [0.3, 0.4) is 0 Å². The van der Waals surface area contributed by atoms with Crippen LogP contribution < -0.4 is 5.32 Å². The van der Waals surface area contributed by atoms with E-state index in [4.69, 9.17) is 0 Å². The van der Waals surface area contributed by atoms with Crippen molar-refractivity contribution in [2.24, 2.45) is 5.41 Å². The molecule has 0 bridgehead atoms. The van der Waals surface area contributed by atoms with Gasteiger partial charge in [0, 0.05) is 18.5 Å². The lowest BCUT2D eigenvalue weighted by Gasteiger charge is -2.29. The van der Waals surface area contributed by atoms with Gasteiger partial charge in [-0.25, -0.2) is 4.79 Å². The first-order valence-corrected chi connectivity index (χ1v) is 7.55. The van der Waals surface area contributed by atoms with E-state index in [-0.39, 0.29) is 18.1 Å². The Morgan fingerprint density at radius 2 is 1.82 bits per heavy atom. The number of urea groups is 1. The molecule has 0 aliphatic rings. The molecule has 4 heteroatoms. The number of fused-ring (bicyclic) bond motifs is 1. The van der Waals surface area contributed by atoms with Gasteiger partial charge in [-0.2, -0.15) is 0 Å². The molecule has 0 aliphatic heterocycles. The minimum atomic E-state index is -0.180. The van der Waals surface area contributed by atoms with E-state index in [1.807, 2.05) is 42.5 Å². The van der Waals surface area contributed by atoms with Crippen LogP contribution in [-0.4, -0.2) is 35.7 Å². The summed E-state index contributed by atoms with van der Waals surface area (Å²) in [5.74, 6) is 0. The predicted octanol–water partition coefficient (Wildman–Crippen LogP) is 3.71. The van der Waals surface area contributed by atoms with Crippen LogP contribution in [0, 0.1) is 5.41 Å². The van der Waals surface area contributed by atoms with E-state index in [0.29, 0.717) is 13.1 Å². The van der Waals surface area contributed by atoms with Crippen molar-refractivity contribution < 1.29 is 9.90 Å². The van der Waals surface area contributed by atoms with Gasteiger partial charge < -0.3 is 15.3 Å². The second-order valence-electron chi connectivity index (χ2n) is 6.66. The topological polar surface area (TPSA) is 52.6 Å². The lowest BCUT2D eigenvalue weighted by Crippen LogP contribution is -2.42. The summed E-state index contributed by atoms with van der Waals surface area (Å²) in [6.45, 7) is 7.09. The lowest BCUT2D eigenvalue weighted by atomic mass is 9.96. The van der Waals surface area contributed by atoms with Crippen LogP contribution in [-0.2, 0) is 0 Å². The second-order valence-corrected chi connectivity index (χ2v) is 6.66. The van der Waals surface area contributed by atoms with E-state index >= 15 is 0 Å². The van der Waals surface area contributed by atoms with Crippen LogP contribution in [0.25, 0.3) is 10.8 Å². The zero-order chi connectivity index (χ0) is 16.2. The molecule has 2 N–H and O–H groups in total. The van der Waals surface area contributed by atoms with Crippen LogP contribution in [0.5, 0.6) is 0 Å². The summed E-state index contributed by atoms with van der Waals surface area (Å²) in [4.78, 5) is 14.2. The summed E-state index contributed by atoms with van der Waals surface area (Å²) in [5, 5.41) is 14.3. The maximum Gasteiger partial charge on any atom is 0.321 e. The van der Waals surface area contributed by atoms with Gasteiger partial charge in [-0.15, -0.1) is 0 Å². The number of amides is 2. The summed E-state index contributed by atoms with van der Waals surface area (Å²) in [6.07, 6.45) is 0. The van der Waals surface area contributed by atoms with Crippen molar-refractivity contribution in [3.63, 3.8) is 0 Å². The Hall–Kier alpha value is -2.07. The molecule has 0 heterocycles. The fourth-order valence-electron chi connectivity index (χ4n) is 2.47. The van der Waals surface area contributed by atoms with Crippen LogP contribution >= 0.6 is 0 Å².